The molecule has 0 aromatic heterocycles. The van der Waals surface area contributed by atoms with Crippen molar-refractivity contribution < 1.29 is 0 Å². The normalized spacial score (nSPS) is 16.1. The van der Waals surface area contributed by atoms with Crippen molar-refractivity contribution in [1.29, 1.82) is 0 Å². The molecule has 2 saturated heterocycles. The Morgan fingerprint density at radius 3 is 0.889 bits per heavy atom. The van der Waals surface area contributed by atoms with Crippen LogP contribution in [-0.4, -0.2) is 39.6 Å². The maximum absolute atomic E-state index is 2.66. The van der Waals surface area contributed by atoms with Crippen LogP contribution in [0.1, 0.15) is 38.5 Å². The van der Waals surface area contributed by atoms with Gasteiger partial charge in [-0.3, -0.25) is 0 Å². The molecule has 0 spiro atoms. The summed E-state index contributed by atoms with van der Waals surface area (Å²) in [7, 11) is 0. The molecule has 9 aromatic carbocycles. The second-order valence-corrected chi connectivity index (χ2v) is 20.5. The summed E-state index contributed by atoms with van der Waals surface area (Å²) < 4.78 is 0. The molecule has 0 saturated carbocycles. The van der Waals surface area contributed by atoms with E-state index in [1.54, 1.807) is 0 Å². The Kier molecular flexibility index (Phi) is 9.71. The molecule has 0 radical (unpaired) electrons. The molecule has 8 heteroatoms. The van der Waals surface area contributed by atoms with Crippen LogP contribution in [0.2, 0.25) is 0 Å². The van der Waals surface area contributed by atoms with E-state index in [0.29, 0.717) is 0 Å². The maximum atomic E-state index is 2.66. The lowest BCUT2D eigenvalue weighted by atomic mass is 9.30. The molecule has 0 amide bonds. The highest BCUT2D eigenvalue weighted by molar-refractivity contribution is 7.03. The SMILES string of the molecule is c1ccc(N2c3ccccc3B3c4cc5c(cc4N(c4ccccc4)c4cc(N6CCCCC6)cc2c43)N(c2ccccc2)c2cc(N3CCCCC3)cc3c2B5c2ccccc2N3c2ccccc2)cc1. The molecule has 6 heterocycles. The van der Waals surface area contributed by atoms with Gasteiger partial charge in [-0.15, -0.1) is 0 Å². The van der Waals surface area contributed by atoms with Gasteiger partial charge in [-0.2, -0.15) is 0 Å². The molecule has 6 aliphatic heterocycles. The standard InChI is InChI=1S/C64H54B2N6/c1-7-23-45(24-8-1)69-55-33-17-15-31-51(55)65-53-43-54-58(44-57(53)71(47-27-11-3-12-28-47)61-41-49(39-59(69)63(61)65)67-35-19-5-20-36-67)72(48-29-13-4-14-30-48)62-42-50(68-37-21-6-22-38-68)40-60-64(62)66(54)52-32-16-18-34-56(52)70(60)46-25-9-2-10-26-46/h1-4,7-18,23-34,39-44H,5-6,19-22,35-38H2. The van der Waals surface area contributed by atoms with Gasteiger partial charge >= 0.3 is 0 Å². The van der Waals surface area contributed by atoms with Gasteiger partial charge in [0.05, 0.1) is 0 Å². The summed E-state index contributed by atoms with van der Waals surface area (Å²) in [4.78, 5) is 15.6. The second-order valence-electron chi connectivity index (χ2n) is 20.5. The van der Waals surface area contributed by atoms with Crippen LogP contribution in [-0.2, 0) is 0 Å². The second kappa shape index (κ2) is 16.8. The molecule has 346 valence electrons. The predicted octanol–water partition coefficient (Wildman–Crippen LogP) is 11.8. The van der Waals surface area contributed by atoms with Gasteiger partial charge < -0.3 is 29.4 Å². The molecule has 9 aromatic rings. The molecule has 0 bridgehead atoms. The van der Waals surface area contributed by atoms with E-state index >= 15 is 0 Å². The summed E-state index contributed by atoms with van der Waals surface area (Å²) in [6.45, 7) is 4.22. The van der Waals surface area contributed by atoms with Crippen LogP contribution in [0.5, 0.6) is 0 Å². The van der Waals surface area contributed by atoms with Gasteiger partial charge in [-0.25, -0.2) is 0 Å². The van der Waals surface area contributed by atoms with E-state index in [9.17, 15) is 0 Å². The van der Waals surface area contributed by atoms with Crippen molar-refractivity contribution in [3.05, 3.63) is 206 Å². The number of nitrogens with zero attached hydrogens (tertiary/aromatic N) is 6. The third kappa shape index (κ3) is 6.37. The number of hydrogen-bond acceptors (Lipinski definition) is 6. The zero-order valence-electron chi connectivity index (χ0n) is 40.5. The van der Waals surface area contributed by atoms with Gasteiger partial charge in [-0.1, -0.05) is 115 Å². The minimum absolute atomic E-state index is 0.0194. The molecular weight excluding hydrogens is 874 g/mol. The van der Waals surface area contributed by atoms with Crippen molar-refractivity contribution >= 4 is 126 Å². The fraction of sp³-hybridized carbons (Fsp3) is 0.156. The lowest BCUT2D eigenvalue weighted by Crippen LogP contribution is -2.65. The Bertz CT molecular complexity index is 3310. The minimum Gasteiger partial charge on any atom is -0.371 e. The van der Waals surface area contributed by atoms with Crippen molar-refractivity contribution in [2.75, 3.05) is 55.6 Å². The summed E-state index contributed by atoms with van der Waals surface area (Å²) in [5, 5.41) is 0. The van der Waals surface area contributed by atoms with Crippen LogP contribution in [0.25, 0.3) is 0 Å². The third-order valence-corrected chi connectivity index (χ3v) is 16.5. The van der Waals surface area contributed by atoms with E-state index in [1.807, 2.05) is 0 Å². The highest BCUT2D eigenvalue weighted by atomic mass is 15.2. The largest absolute Gasteiger partial charge is 0.371 e. The number of anilines is 14. The smallest absolute Gasteiger partial charge is 0.252 e. The van der Waals surface area contributed by atoms with E-state index in [2.05, 4.69) is 236 Å². The van der Waals surface area contributed by atoms with Gasteiger partial charge in [0, 0.05) is 106 Å². The summed E-state index contributed by atoms with van der Waals surface area (Å²) in [6.07, 6.45) is 7.41. The first-order chi connectivity index (χ1) is 35.8. The molecule has 6 aliphatic rings. The number of rotatable bonds is 6. The van der Waals surface area contributed by atoms with E-state index in [1.165, 1.54) is 151 Å². The molecule has 0 unspecified atom stereocenters. The number of piperidine rings is 2. The van der Waals surface area contributed by atoms with Crippen LogP contribution in [0, 0.1) is 0 Å². The highest BCUT2D eigenvalue weighted by Gasteiger charge is 2.48. The van der Waals surface area contributed by atoms with E-state index in [0.717, 1.165) is 26.2 Å². The minimum atomic E-state index is -0.0194. The van der Waals surface area contributed by atoms with Crippen LogP contribution in [0.4, 0.5) is 79.6 Å². The first-order valence-electron chi connectivity index (χ1n) is 26.4. The van der Waals surface area contributed by atoms with Crippen molar-refractivity contribution in [2.24, 2.45) is 0 Å². The van der Waals surface area contributed by atoms with Crippen LogP contribution < -0.4 is 62.2 Å². The van der Waals surface area contributed by atoms with Gasteiger partial charge in [-0.05, 0) is 162 Å². The van der Waals surface area contributed by atoms with Gasteiger partial charge in [0.1, 0.15) is 0 Å². The lowest BCUT2D eigenvalue weighted by molar-refractivity contribution is 0.578. The summed E-state index contributed by atoms with van der Waals surface area (Å²) in [5.74, 6) is 0. The molecule has 72 heavy (non-hydrogen) atoms. The van der Waals surface area contributed by atoms with Gasteiger partial charge in [0.2, 0.25) is 0 Å². The highest BCUT2D eigenvalue weighted by Crippen LogP contribution is 2.50. The first kappa shape index (κ1) is 41.7. The Labute approximate surface area is 424 Å². The molecule has 0 atom stereocenters. The van der Waals surface area contributed by atoms with Gasteiger partial charge in [0.25, 0.3) is 13.4 Å². The van der Waals surface area contributed by atoms with Crippen LogP contribution in [0.3, 0.4) is 0 Å². The fourth-order valence-corrected chi connectivity index (χ4v) is 13.4. The average molecular weight is 929 g/mol. The number of para-hydroxylation sites is 6. The number of benzene rings is 9. The Morgan fingerprint density at radius 2 is 0.542 bits per heavy atom. The molecule has 2 fully saturated rings. The summed E-state index contributed by atoms with van der Waals surface area (Å²) in [6, 6.07) is 78.4. The van der Waals surface area contributed by atoms with Crippen LogP contribution in [0.15, 0.2) is 206 Å². The van der Waals surface area contributed by atoms with Gasteiger partial charge in [0.15, 0.2) is 0 Å². The molecule has 0 N–H and O–H groups in total. The Morgan fingerprint density at radius 1 is 0.236 bits per heavy atom. The first-order valence-corrected chi connectivity index (χ1v) is 26.4. The van der Waals surface area contributed by atoms with Crippen molar-refractivity contribution in [3.8, 4) is 0 Å². The fourth-order valence-electron chi connectivity index (χ4n) is 13.4. The average Bonchev–Trinajstić information content (AvgIpc) is 3.45. The summed E-state index contributed by atoms with van der Waals surface area (Å²) >= 11 is 0. The molecule has 6 nitrogen and oxygen atoms in total. The zero-order chi connectivity index (χ0) is 47.3. The van der Waals surface area contributed by atoms with Crippen LogP contribution >= 0.6 is 0 Å². The monoisotopic (exact) mass is 928 g/mol. The van der Waals surface area contributed by atoms with E-state index in [-0.39, 0.29) is 13.4 Å². The molecule has 0 aliphatic carbocycles. The Balaban J connectivity index is 1.06. The van der Waals surface area contributed by atoms with E-state index < -0.39 is 0 Å². The third-order valence-electron chi connectivity index (χ3n) is 16.5. The predicted molar refractivity (Wildman–Crippen MR) is 307 cm³/mol. The number of fused-ring (bicyclic) bond motifs is 8. The maximum Gasteiger partial charge on any atom is 0.252 e. The quantitative estimate of drug-likeness (QED) is 0.154. The lowest BCUT2D eigenvalue weighted by Gasteiger charge is -2.48. The van der Waals surface area contributed by atoms with Crippen molar-refractivity contribution in [3.63, 3.8) is 0 Å². The van der Waals surface area contributed by atoms with Crippen molar-refractivity contribution in [1.82, 2.24) is 0 Å². The summed E-state index contributed by atoms with van der Waals surface area (Å²) in [5.41, 5.74) is 25.3. The topological polar surface area (TPSA) is 19.4 Å². The zero-order valence-corrected chi connectivity index (χ0v) is 40.5. The molecular formula is C64H54B2N6. The Hall–Kier alpha value is -8.09. The van der Waals surface area contributed by atoms with Crippen molar-refractivity contribution in [2.45, 2.75) is 38.5 Å². The van der Waals surface area contributed by atoms with E-state index in [4.69, 9.17) is 0 Å². The molecule has 15 rings (SSSR count). The number of hydrogen-bond donors (Lipinski definition) is 0.